The summed E-state index contributed by atoms with van der Waals surface area (Å²) >= 11 is 1.53. The van der Waals surface area contributed by atoms with Gasteiger partial charge in [0.2, 0.25) is 0 Å². The Labute approximate surface area is 121 Å². The second kappa shape index (κ2) is 7.12. The Kier molecular flexibility index (Phi) is 5.20. The second-order valence-electron chi connectivity index (χ2n) is 4.46. The van der Waals surface area contributed by atoms with E-state index in [9.17, 15) is 4.79 Å². The molecule has 0 radical (unpaired) electrons. The predicted octanol–water partition coefficient (Wildman–Crippen LogP) is 2.50. The SMILES string of the molecule is CCCN(CC(=O)O)Cc1csc(-c2ccccn2)n1. The van der Waals surface area contributed by atoms with Crippen molar-refractivity contribution in [3.8, 4) is 10.7 Å². The van der Waals surface area contributed by atoms with Gasteiger partial charge in [-0.25, -0.2) is 4.98 Å². The Morgan fingerprint density at radius 3 is 2.95 bits per heavy atom. The van der Waals surface area contributed by atoms with E-state index in [1.807, 2.05) is 35.4 Å². The molecule has 0 unspecified atom stereocenters. The van der Waals surface area contributed by atoms with E-state index in [1.54, 1.807) is 6.20 Å². The van der Waals surface area contributed by atoms with Crippen LogP contribution in [0.3, 0.4) is 0 Å². The summed E-state index contributed by atoms with van der Waals surface area (Å²) in [5.41, 5.74) is 1.74. The van der Waals surface area contributed by atoms with Gasteiger partial charge in [-0.15, -0.1) is 11.3 Å². The maximum absolute atomic E-state index is 10.8. The van der Waals surface area contributed by atoms with Gasteiger partial charge in [0.15, 0.2) is 0 Å². The zero-order valence-electron chi connectivity index (χ0n) is 11.3. The molecule has 6 heteroatoms. The molecule has 2 rings (SSSR count). The van der Waals surface area contributed by atoms with E-state index in [4.69, 9.17) is 5.11 Å². The first-order valence-corrected chi connectivity index (χ1v) is 7.37. The molecule has 2 aromatic heterocycles. The van der Waals surface area contributed by atoms with Gasteiger partial charge in [0.25, 0.3) is 0 Å². The van der Waals surface area contributed by atoms with Crippen molar-refractivity contribution in [2.45, 2.75) is 19.9 Å². The topological polar surface area (TPSA) is 66.3 Å². The summed E-state index contributed by atoms with van der Waals surface area (Å²) in [5, 5.41) is 11.7. The summed E-state index contributed by atoms with van der Waals surface area (Å²) in [6.07, 6.45) is 2.66. The smallest absolute Gasteiger partial charge is 0.317 e. The van der Waals surface area contributed by atoms with Crippen molar-refractivity contribution >= 4 is 17.3 Å². The molecule has 5 nitrogen and oxygen atoms in total. The predicted molar refractivity (Wildman–Crippen MR) is 78.5 cm³/mol. The molecule has 0 aliphatic carbocycles. The van der Waals surface area contributed by atoms with Gasteiger partial charge in [0.05, 0.1) is 17.9 Å². The molecule has 0 saturated heterocycles. The van der Waals surface area contributed by atoms with E-state index in [1.165, 1.54) is 11.3 Å². The molecule has 1 N–H and O–H groups in total. The molecule has 0 saturated carbocycles. The van der Waals surface area contributed by atoms with Crippen LogP contribution in [0.25, 0.3) is 10.7 Å². The maximum atomic E-state index is 10.8. The summed E-state index contributed by atoms with van der Waals surface area (Å²) in [7, 11) is 0. The molecular weight excluding hydrogens is 274 g/mol. The molecule has 20 heavy (non-hydrogen) atoms. The van der Waals surface area contributed by atoms with E-state index in [-0.39, 0.29) is 6.54 Å². The number of thiazole rings is 1. The first kappa shape index (κ1) is 14.6. The van der Waals surface area contributed by atoms with E-state index in [2.05, 4.69) is 9.97 Å². The molecule has 0 atom stereocenters. The Bertz CT molecular complexity index is 557. The lowest BCUT2D eigenvalue weighted by molar-refractivity contribution is -0.138. The van der Waals surface area contributed by atoms with Crippen molar-refractivity contribution in [3.63, 3.8) is 0 Å². The number of hydrogen-bond donors (Lipinski definition) is 1. The molecule has 0 aliphatic heterocycles. The van der Waals surface area contributed by atoms with Crippen molar-refractivity contribution in [2.24, 2.45) is 0 Å². The highest BCUT2D eigenvalue weighted by molar-refractivity contribution is 7.13. The third-order valence-electron chi connectivity index (χ3n) is 2.72. The Morgan fingerprint density at radius 1 is 1.45 bits per heavy atom. The quantitative estimate of drug-likeness (QED) is 0.849. The number of pyridine rings is 1. The monoisotopic (exact) mass is 291 g/mol. The molecule has 0 aliphatic rings. The summed E-state index contributed by atoms with van der Waals surface area (Å²) < 4.78 is 0. The van der Waals surface area contributed by atoms with Crippen LogP contribution in [0.2, 0.25) is 0 Å². The van der Waals surface area contributed by atoms with E-state index in [0.717, 1.165) is 29.4 Å². The third kappa shape index (κ3) is 4.11. The van der Waals surface area contributed by atoms with Gasteiger partial charge in [-0.2, -0.15) is 0 Å². The number of carbonyl (C=O) groups is 1. The van der Waals surface area contributed by atoms with Crippen LogP contribution in [0.15, 0.2) is 29.8 Å². The summed E-state index contributed by atoms with van der Waals surface area (Å²) in [6, 6.07) is 5.72. The number of rotatable bonds is 7. The number of nitrogens with zero attached hydrogens (tertiary/aromatic N) is 3. The molecule has 2 aromatic rings. The van der Waals surface area contributed by atoms with Crippen molar-refractivity contribution in [2.75, 3.05) is 13.1 Å². The highest BCUT2D eigenvalue weighted by atomic mass is 32.1. The molecule has 0 bridgehead atoms. The third-order valence-corrected chi connectivity index (χ3v) is 3.63. The molecule has 0 fully saturated rings. The number of aromatic nitrogens is 2. The van der Waals surface area contributed by atoms with Gasteiger partial charge >= 0.3 is 5.97 Å². The highest BCUT2D eigenvalue weighted by Gasteiger charge is 2.12. The molecular formula is C14H17N3O2S. The number of aliphatic carboxylic acids is 1. The van der Waals surface area contributed by atoms with Crippen LogP contribution >= 0.6 is 11.3 Å². The van der Waals surface area contributed by atoms with Crippen LogP contribution < -0.4 is 0 Å². The maximum Gasteiger partial charge on any atom is 0.317 e. The molecule has 0 amide bonds. The fourth-order valence-electron chi connectivity index (χ4n) is 1.94. The minimum atomic E-state index is -0.807. The van der Waals surface area contributed by atoms with Crippen LogP contribution in [0.5, 0.6) is 0 Å². The largest absolute Gasteiger partial charge is 0.480 e. The van der Waals surface area contributed by atoms with Crippen LogP contribution in [0, 0.1) is 0 Å². The van der Waals surface area contributed by atoms with Gasteiger partial charge < -0.3 is 5.11 Å². The van der Waals surface area contributed by atoms with Crippen LogP contribution in [-0.2, 0) is 11.3 Å². The number of carboxylic acid groups (broad SMARTS) is 1. The first-order chi connectivity index (χ1) is 9.69. The summed E-state index contributed by atoms with van der Waals surface area (Å²) in [6.45, 7) is 3.39. The standard InChI is InChI=1S/C14H17N3O2S/c1-2-7-17(9-13(18)19)8-11-10-20-14(16-11)12-5-3-4-6-15-12/h3-6,10H,2,7-9H2,1H3,(H,18,19). The fraction of sp³-hybridized carbons (Fsp3) is 0.357. The minimum absolute atomic E-state index is 0.0459. The normalized spacial score (nSPS) is 10.9. The van der Waals surface area contributed by atoms with Gasteiger partial charge in [-0.05, 0) is 25.1 Å². The van der Waals surface area contributed by atoms with Gasteiger partial charge in [0.1, 0.15) is 5.01 Å². The number of carboxylic acids is 1. The lowest BCUT2D eigenvalue weighted by Crippen LogP contribution is -2.30. The van der Waals surface area contributed by atoms with Gasteiger partial charge in [-0.3, -0.25) is 14.7 Å². The van der Waals surface area contributed by atoms with Gasteiger partial charge in [-0.1, -0.05) is 13.0 Å². The zero-order chi connectivity index (χ0) is 14.4. The van der Waals surface area contributed by atoms with Crippen molar-refractivity contribution in [1.29, 1.82) is 0 Å². The van der Waals surface area contributed by atoms with Crippen molar-refractivity contribution in [3.05, 3.63) is 35.5 Å². The van der Waals surface area contributed by atoms with Crippen molar-refractivity contribution < 1.29 is 9.90 Å². The minimum Gasteiger partial charge on any atom is -0.480 e. The highest BCUT2D eigenvalue weighted by Crippen LogP contribution is 2.22. The lowest BCUT2D eigenvalue weighted by atomic mass is 10.3. The lowest BCUT2D eigenvalue weighted by Gasteiger charge is -2.17. The van der Waals surface area contributed by atoms with Crippen LogP contribution in [-0.4, -0.2) is 39.0 Å². The van der Waals surface area contributed by atoms with Gasteiger partial charge in [0, 0.05) is 18.1 Å². The summed E-state index contributed by atoms with van der Waals surface area (Å²) in [4.78, 5) is 21.5. The molecule has 2 heterocycles. The number of hydrogen-bond acceptors (Lipinski definition) is 5. The zero-order valence-corrected chi connectivity index (χ0v) is 12.1. The fourth-order valence-corrected chi connectivity index (χ4v) is 2.72. The second-order valence-corrected chi connectivity index (χ2v) is 5.32. The summed E-state index contributed by atoms with van der Waals surface area (Å²) in [5.74, 6) is -0.807. The first-order valence-electron chi connectivity index (χ1n) is 6.49. The average Bonchev–Trinajstić information content (AvgIpc) is 2.88. The van der Waals surface area contributed by atoms with Crippen LogP contribution in [0.1, 0.15) is 19.0 Å². The molecule has 0 spiro atoms. The molecule has 0 aromatic carbocycles. The Morgan fingerprint density at radius 2 is 2.30 bits per heavy atom. The van der Waals surface area contributed by atoms with Crippen LogP contribution in [0.4, 0.5) is 0 Å². The van der Waals surface area contributed by atoms with E-state index >= 15 is 0 Å². The molecule has 106 valence electrons. The average molecular weight is 291 g/mol. The van der Waals surface area contributed by atoms with Crippen molar-refractivity contribution in [1.82, 2.24) is 14.9 Å². The Hall–Kier alpha value is -1.79. The van der Waals surface area contributed by atoms with E-state index < -0.39 is 5.97 Å². The Balaban J connectivity index is 2.06. The van der Waals surface area contributed by atoms with E-state index in [0.29, 0.717) is 6.54 Å².